The van der Waals surface area contributed by atoms with E-state index in [1.807, 2.05) is 19.1 Å². The van der Waals surface area contributed by atoms with Gasteiger partial charge in [-0.2, -0.15) is 0 Å². The van der Waals surface area contributed by atoms with Crippen LogP contribution in [0.15, 0.2) is 36.2 Å². The Morgan fingerprint density at radius 3 is 3.12 bits per heavy atom. The van der Waals surface area contributed by atoms with Gasteiger partial charge in [0.2, 0.25) is 5.91 Å². The lowest BCUT2D eigenvalue weighted by Gasteiger charge is -2.32. The summed E-state index contributed by atoms with van der Waals surface area (Å²) in [7, 11) is 0. The molecule has 0 radical (unpaired) electrons. The zero-order valence-electron chi connectivity index (χ0n) is 13.3. The molecule has 1 aliphatic rings. The lowest BCUT2D eigenvalue weighted by Crippen LogP contribution is -2.48. The number of aromatic nitrogens is 3. The number of thiophene rings is 1. The van der Waals surface area contributed by atoms with Crippen molar-refractivity contribution in [3.63, 3.8) is 0 Å². The van der Waals surface area contributed by atoms with E-state index in [1.54, 1.807) is 35.0 Å². The molecule has 1 unspecified atom stereocenters. The Balaban J connectivity index is 1.62. The molecule has 24 heavy (non-hydrogen) atoms. The summed E-state index contributed by atoms with van der Waals surface area (Å²) in [5.74, 6) is 0.805. The van der Waals surface area contributed by atoms with Gasteiger partial charge in [0.25, 0.3) is 0 Å². The summed E-state index contributed by atoms with van der Waals surface area (Å²) in [5, 5.41) is 6.42. The Kier molecular flexibility index (Phi) is 3.86. The smallest absolute Gasteiger partial charge is 0.249 e. The molecule has 1 saturated heterocycles. The fourth-order valence-corrected chi connectivity index (χ4v) is 3.96. The van der Waals surface area contributed by atoms with E-state index in [4.69, 9.17) is 0 Å². The molecule has 3 aromatic heterocycles. The van der Waals surface area contributed by atoms with Crippen LogP contribution in [0.25, 0.3) is 10.2 Å². The van der Waals surface area contributed by atoms with Crippen molar-refractivity contribution in [1.82, 2.24) is 15.0 Å². The molecule has 3 aromatic rings. The quantitative estimate of drug-likeness (QED) is 0.794. The van der Waals surface area contributed by atoms with Crippen LogP contribution in [-0.2, 0) is 4.79 Å². The molecule has 1 aliphatic heterocycles. The second-order valence-electron chi connectivity index (χ2n) is 5.86. The summed E-state index contributed by atoms with van der Waals surface area (Å²) in [6.07, 6.45) is 6.73. The first-order valence-corrected chi connectivity index (χ1v) is 8.79. The molecule has 4 rings (SSSR count). The standard InChI is InChI=1S/C17H17N5OS/c1-11-9-24-16-14(11)15(19-10-20-16)21-13-5-3-7-22(17(13)23)12-4-2-6-18-8-12/h2,4,6,8-10,13H,3,5,7H2,1H3,(H,19,20,21). The molecule has 0 spiro atoms. The van der Waals surface area contributed by atoms with Crippen LogP contribution in [0.1, 0.15) is 18.4 Å². The number of carbonyl (C=O) groups is 1. The van der Waals surface area contributed by atoms with Crippen LogP contribution in [0, 0.1) is 6.92 Å². The van der Waals surface area contributed by atoms with Crippen molar-refractivity contribution >= 4 is 39.0 Å². The third kappa shape index (κ3) is 2.60. The largest absolute Gasteiger partial charge is 0.358 e. The number of hydrogen-bond donors (Lipinski definition) is 1. The molecule has 0 saturated carbocycles. The Hall–Kier alpha value is -2.54. The molecule has 0 aliphatic carbocycles. The second-order valence-corrected chi connectivity index (χ2v) is 6.72. The van der Waals surface area contributed by atoms with Gasteiger partial charge in [-0.3, -0.25) is 9.78 Å². The average Bonchev–Trinajstić information content (AvgIpc) is 3.00. The van der Waals surface area contributed by atoms with Gasteiger partial charge >= 0.3 is 0 Å². The monoisotopic (exact) mass is 339 g/mol. The van der Waals surface area contributed by atoms with Crippen molar-refractivity contribution in [2.75, 3.05) is 16.8 Å². The van der Waals surface area contributed by atoms with Crippen molar-refractivity contribution in [2.45, 2.75) is 25.8 Å². The van der Waals surface area contributed by atoms with Gasteiger partial charge < -0.3 is 10.2 Å². The Morgan fingerprint density at radius 2 is 2.29 bits per heavy atom. The van der Waals surface area contributed by atoms with E-state index in [-0.39, 0.29) is 11.9 Å². The Morgan fingerprint density at radius 1 is 1.38 bits per heavy atom. The zero-order chi connectivity index (χ0) is 16.5. The van der Waals surface area contributed by atoms with Gasteiger partial charge in [-0.15, -0.1) is 11.3 Å². The zero-order valence-corrected chi connectivity index (χ0v) is 14.1. The summed E-state index contributed by atoms with van der Waals surface area (Å²) in [4.78, 5) is 28.4. The fraction of sp³-hybridized carbons (Fsp3) is 0.294. The number of anilines is 2. The summed E-state index contributed by atoms with van der Waals surface area (Å²) in [5.41, 5.74) is 1.97. The molecule has 0 bridgehead atoms. The van der Waals surface area contributed by atoms with Crippen LogP contribution >= 0.6 is 11.3 Å². The van der Waals surface area contributed by atoms with E-state index in [9.17, 15) is 4.79 Å². The molecule has 6 nitrogen and oxygen atoms in total. The Bertz CT molecular complexity index is 879. The van der Waals surface area contributed by atoms with Crippen molar-refractivity contribution in [3.8, 4) is 0 Å². The molecule has 1 atom stereocenters. The minimum atomic E-state index is -0.281. The molecule has 122 valence electrons. The Labute approximate surface area is 143 Å². The third-order valence-corrected chi connectivity index (χ3v) is 5.27. The van der Waals surface area contributed by atoms with Crippen LogP contribution in [0.4, 0.5) is 11.5 Å². The first kappa shape index (κ1) is 15.0. The van der Waals surface area contributed by atoms with E-state index in [0.717, 1.165) is 46.7 Å². The van der Waals surface area contributed by atoms with E-state index in [1.165, 1.54) is 0 Å². The molecule has 4 heterocycles. The molecule has 1 N–H and O–H groups in total. The van der Waals surface area contributed by atoms with Crippen LogP contribution in [-0.4, -0.2) is 33.4 Å². The number of hydrogen-bond acceptors (Lipinski definition) is 6. The van der Waals surface area contributed by atoms with E-state index < -0.39 is 0 Å². The van der Waals surface area contributed by atoms with E-state index in [0.29, 0.717) is 0 Å². The first-order valence-electron chi connectivity index (χ1n) is 7.91. The molecular formula is C17H17N5OS. The van der Waals surface area contributed by atoms with Crippen LogP contribution in [0.5, 0.6) is 0 Å². The van der Waals surface area contributed by atoms with E-state index >= 15 is 0 Å². The SMILES string of the molecule is Cc1csc2ncnc(NC3CCCN(c4cccnc4)C3=O)c12. The predicted octanol–water partition coefficient (Wildman–Crippen LogP) is 3.00. The number of nitrogens with zero attached hydrogens (tertiary/aromatic N) is 4. The number of fused-ring (bicyclic) bond motifs is 1. The van der Waals surface area contributed by atoms with Gasteiger partial charge in [-0.25, -0.2) is 9.97 Å². The average molecular weight is 339 g/mol. The van der Waals surface area contributed by atoms with Crippen molar-refractivity contribution in [1.29, 1.82) is 0 Å². The number of carbonyl (C=O) groups excluding carboxylic acids is 1. The lowest BCUT2D eigenvalue weighted by atomic mass is 10.0. The minimum absolute atomic E-state index is 0.0638. The number of rotatable bonds is 3. The van der Waals surface area contributed by atoms with Gasteiger partial charge in [0.1, 0.15) is 23.0 Å². The summed E-state index contributed by atoms with van der Waals surface area (Å²) in [6, 6.07) is 3.48. The second kappa shape index (κ2) is 6.16. The third-order valence-electron chi connectivity index (χ3n) is 4.26. The normalized spacial score (nSPS) is 18.1. The molecule has 0 aromatic carbocycles. The number of amides is 1. The van der Waals surface area contributed by atoms with E-state index in [2.05, 4.69) is 25.6 Å². The summed E-state index contributed by atoms with van der Waals surface area (Å²) in [6.45, 7) is 2.76. The first-order chi connectivity index (χ1) is 11.7. The van der Waals surface area contributed by atoms with Gasteiger partial charge in [-0.05, 0) is 42.8 Å². The van der Waals surface area contributed by atoms with Crippen molar-refractivity contribution in [3.05, 3.63) is 41.8 Å². The molecule has 7 heteroatoms. The number of piperidine rings is 1. The van der Waals surface area contributed by atoms with Gasteiger partial charge in [-0.1, -0.05) is 0 Å². The molecule has 1 fully saturated rings. The fourth-order valence-electron chi connectivity index (χ4n) is 3.07. The summed E-state index contributed by atoms with van der Waals surface area (Å²) < 4.78 is 0. The number of nitrogens with one attached hydrogen (secondary N) is 1. The van der Waals surface area contributed by atoms with Gasteiger partial charge in [0.15, 0.2) is 0 Å². The number of aryl methyl sites for hydroxylation is 1. The highest BCUT2D eigenvalue weighted by Gasteiger charge is 2.30. The highest BCUT2D eigenvalue weighted by atomic mass is 32.1. The highest BCUT2D eigenvalue weighted by molar-refractivity contribution is 7.17. The number of pyridine rings is 1. The summed E-state index contributed by atoms with van der Waals surface area (Å²) >= 11 is 1.59. The highest BCUT2D eigenvalue weighted by Crippen LogP contribution is 2.30. The lowest BCUT2D eigenvalue weighted by molar-refractivity contribution is -0.120. The van der Waals surface area contributed by atoms with Crippen LogP contribution in [0.2, 0.25) is 0 Å². The minimum Gasteiger partial charge on any atom is -0.358 e. The topological polar surface area (TPSA) is 71.0 Å². The van der Waals surface area contributed by atoms with Gasteiger partial charge in [0.05, 0.1) is 17.3 Å². The predicted molar refractivity (Wildman–Crippen MR) is 95.4 cm³/mol. The van der Waals surface area contributed by atoms with Crippen molar-refractivity contribution < 1.29 is 4.79 Å². The maximum atomic E-state index is 12.9. The molecule has 1 amide bonds. The van der Waals surface area contributed by atoms with Crippen LogP contribution in [0.3, 0.4) is 0 Å². The maximum Gasteiger partial charge on any atom is 0.249 e. The van der Waals surface area contributed by atoms with Crippen molar-refractivity contribution in [2.24, 2.45) is 0 Å². The molecular weight excluding hydrogens is 322 g/mol. The van der Waals surface area contributed by atoms with Gasteiger partial charge in [0, 0.05) is 12.7 Å². The maximum absolute atomic E-state index is 12.9. The van der Waals surface area contributed by atoms with Crippen LogP contribution < -0.4 is 10.2 Å².